The predicted molar refractivity (Wildman–Crippen MR) is 157 cm³/mol. The number of pyridine rings is 1. The Kier molecular flexibility index (Phi) is 7.63. The van der Waals surface area contributed by atoms with Crippen LogP contribution in [-0.2, 0) is 5.41 Å². The van der Waals surface area contributed by atoms with E-state index < -0.39 is 0 Å². The molecule has 0 aliphatic heterocycles. The number of phenolic OH excluding ortho intramolecular Hbond substituents is 1. The summed E-state index contributed by atoms with van der Waals surface area (Å²) in [6, 6.07) is 26.5. The minimum atomic E-state index is -0.0845. The third kappa shape index (κ3) is 5.83. The highest BCUT2D eigenvalue weighted by atomic mass is 16.3. The van der Waals surface area contributed by atoms with Gasteiger partial charge in [-0.1, -0.05) is 103 Å². The van der Waals surface area contributed by atoms with Gasteiger partial charge in [0, 0.05) is 11.1 Å². The summed E-state index contributed by atoms with van der Waals surface area (Å²) in [6.45, 7) is 15.4. The molecule has 0 amide bonds. The van der Waals surface area contributed by atoms with Crippen LogP contribution in [0.2, 0.25) is 0 Å². The molecule has 1 N–H and O–H groups in total. The van der Waals surface area contributed by atoms with Gasteiger partial charge in [-0.2, -0.15) is 0 Å². The van der Waals surface area contributed by atoms with Crippen molar-refractivity contribution < 1.29 is 5.11 Å². The van der Waals surface area contributed by atoms with Crippen molar-refractivity contribution in [3.8, 4) is 28.1 Å². The highest BCUT2D eigenvalue weighted by Crippen LogP contribution is 2.41. The number of hydrogen-bond acceptors (Lipinski definition) is 3. The van der Waals surface area contributed by atoms with E-state index in [2.05, 4.69) is 78.8 Å². The SMILES string of the molecule is CC(C)c1cccc(C(C)C)c1N=Cc1cccc(-c2cc(C(C)(C)C)cc(-c3ccccc3)c2O)n1. The first-order chi connectivity index (χ1) is 17.6. The number of nitrogens with zero attached hydrogens (tertiary/aromatic N) is 2. The third-order valence-electron chi connectivity index (χ3n) is 6.78. The van der Waals surface area contributed by atoms with Gasteiger partial charge in [0.1, 0.15) is 5.75 Å². The van der Waals surface area contributed by atoms with Gasteiger partial charge in [-0.05, 0) is 63.8 Å². The Hall–Kier alpha value is -3.72. The highest BCUT2D eigenvalue weighted by molar-refractivity contribution is 5.85. The minimum Gasteiger partial charge on any atom is -0.507 e. The zero-order valence-electron chi connectivity index (χ0n) is 23.1. The van der Waals surface area contributed by atoms with E-state index in [0.717, 1.165) is 39.3 Å². The van der Waals surface area contributed by atoms with Gasteiger partial charge >= 0.3 is 0 Å². The van der Waals surface area contributed by atoms with Crippen LogP contribution < -0.4 is 0 Å². The first-order valence-electron chi connectivity index (χ1n) is 13.1. The zero-order chi connectivity index (χ0) is 26.7. The lowest BCUT2D eigenvalue weighted by Crippen LogP contribution is -2.11. The van der Waals surface area contributed by atoms with E-state index in [9.17, 15) is 5.11 Å². The molecule has 37 heavy (non-hydrogen) atoms. The van der Waals surface area contributed by atoms with Crippen LogP contribution in [0.3, 0.4) is 0 Å². The predicted octanol–water partition coefficient (Wildman–Crippen LogP) is 9.42. The van der Waals surface area contributed by atoms with Gasteiger partial charge in [0.15, 0.2) is 0 Å². The van der Waals surface area contributed by atoms with Crippen molar-refractivity contribution in [2.45, 2.75) is 65.7 Å². The summed E-state index contributed by atoms with van der Waals surface area (Å²) in [5, 5.41) is 11.4. The first-order valence-corrected chi connectivity index (χ1v) is 13.1. The molecule has 0 atom stereocenters. The van der Waals surface area contributed by atoms with E-state index in [-0.39, 0.29) is 11.2 Å². The maximum Gasteiger partial charge on any atom is 0.132 e. The largest absolute Gasteiger partial charge is 0.507 e. The Morgan fingerprint density at radius 2 is 1.35 bits per heavy atom. The molecule has 0 aliphatic rings. The molecule has 0 fully saturated rings. The number of phenols is 1. The van der Waals surface area contributed by atoms with Crippen molar-refractivity contribution in [2.24, 2.45) is 4.99 Å². The Balaban J connectivity index is 1.82. The van der Waals surface area contributed by atoms with Gasteiger partial charge in [-0.25, -0.2) is 4.98 Å². The molecule has 4 aromatic rings. The number of aliphatic imine (C=N–C) groups is 1. The van der Waals surface area contributed by atoms with Crippen molar-refractivity contribution in [3.63, 3.8) is 0 Å². The second kappa shape index (κ2) is 10.7. The van der Waals surface area contributed by atoms with Crippen molar-refractivity contribution in [2.75, 3.05) is 0 Å². The summed E-state index contributed by atoms with van der Waals surface area (Å²) >= 11 is 0. The molecule has 0 radical (unpaired) electrons. The summed E-state index contributed by atoms with van der Waals surface area (Å²) in [5.74, 6) is 0.991. The Morgan fingerprint density at radius 3 is 1.95 bits per heavy atom. The van der Waals surface area contributed by atoms with Gasteiger partial charge in [-0.3, -0.25) is 4.99 Å². The molecule has 4 rings (SSSR count). The van der Waals surface area contributed by atoms with Crippen LogP contribution in [0.25, 0.3) is 22.4 Å². The average molecular weight is 491 g/mol. The smallest absolute Gasteiger partial charge is 0.132 e. The van der Waals surface area contributed by atoms with E-state index in [1.807, 2.05) is 54.7 Å². The molecule has 0 spiro atoms. The molecule has 0 aliphatic carbocycles. The normalized spacial score (nSPS) is 12.1. The molecule has 190 valence electrons. The molecule has 1 heterocycles. The molecule has 3 aromatic carbocycles. The first kappa shape index (κ1) is 26.3. The van der Waals surface area contributed by atoms with E-state index in [1.165, 1.54) is 11.1 Å². The fourth-order valence-electron chi connectivity index (χ4n) is 4.57. The monoisotopic (exact) mass is 490 g/mol. The lowest BCUT2D eigenvalue weighted by atomic mass is 9.83. The average Bonchev–Trinajstić information content (AvgIpc) is 2.87. The summed E-state index contributed by atoms with van der Waals surface area (Å²) in [5.41, 5.74) is 8.58. The van der Waals surface area contributed by atoms with Crippen LogP contribution in [0, 0.1) is 0 Å². The van der Waals surface area contributed by atoms with Crippen molar-refractivity contribution >= 4 is 11.9 Å². The van der Waals surface area contributed by atoms with E-state index in [1.54, 1.807) is 0 Å². The quantitative estimate of drug-likeness (QED) is 0.274. The number of para-hydroxylation sites is 1. The zero-order valence-corrected chi connectivity index (χ0v) is 23.1. The Morgan fingerprint density at radius 1 is 0.757 bits per heavy atom. The maximum atomic E-state index is 11.4. The number of hydrogen-bond donors (Lipinski definition) is 1. The second-order valence-corrected chi connectivity index (χ2v) is 11.3. The summed E-state index contributed by atoms with van der Waals surface area (Å²) in [7, 11) is 0. The lowest BCUT2D eigenvalue weighted by Gasteiger charge is -2.22. The maximum absolute atomic E-state index is 11.4. The fourth-order valence-corrected chi connectivity index (χ4v) is 4.57. The molecular formula is C34H38N2O. The molecule has 0 saturated heterocycles. The number of benzene rings is 3. The summed E-state index contributed by atoms with van der Waals surface area (Å²) in [6.07, 6.45) is 1.85. The Labute approximate surface area is 222 Å². The third-order valence-corrected chi connectivity index (χ3v) is 6.78. The van der Waals surface area contributed by atoms with Gasteiger partial charge in [-0.15, -0.1) is 0 Å². The van der Waals surface area contributed by atoms with E-state index in [0.29, 0.717) is 11.8 Å². The van der Waals surface area contributed by atoms with E-state index in [4.69, 9.17) is 9.98 Å². The second-order valence-electron chi connectivity index (χ2n) is 11.3. The van der Waals surface area contributed by atoms with Gasteiger partial charge < -0.3 is 5.11 Å². The molecule has 3 nitrogen and oxygen atoms in total. The van der Waals surface area contributed by atoms with Crippen molar-refractivity contribution in [3.05, 3.63) is 101 Å². The molecule has 0 unspecified atom stereocenters. The summed E-state index contributed by atoms with van der Waals surface area (Å²) in [4.78, 5) is 9.86. The standard InChI is InChI=1S/C34H38N2O/c1-22(2)27-16-12-17-28(23(3)4)32(27)35-21-26-15-11-18-31(36-26)30-20-25(34(5,6)7)19-29(33(30)37)24-13-9-8-10-14-24/h8-23,37H,1-7H3. The van der Waals surface area contributed by atoms with Gasteiger partial charge in [0.05, 0.1) is 23.3 Å². The number of aromatic nitrogens is 1. The minimum absolute atomic E-state index is 0.0845. The molecule has 1 aromatic heterocycles. The summed E-state index contributed by atoms with van der Waals surface area (Å²) < 4.78 is 0. The van der Waals surface area contributed by atoms with Crippen LogP contribution in [-0.4, -0.2) is 16.3 Å². The van der Waals surface area contributed by atoms with Crippen LogP contribution in [0.1, 0.15) is 82.7 Å². The molecule has 3 heteroatoms. The van der Waals surface area contributed by atoms with Crippen molar-refractivity contribution in [1.29, 1.82) is 0 Å². The van der Waals surface area contributed by atoms with Crippen LogP contribution in [0.5, 0.6) is 5.75 Å². The van der Waals surface area contributed by atoms with Crippen LogP contribution in [0.4, 0.5) is 5.69 Å². The number of aromatic hydroxyl groups is 1. The molecule has 0 bridgehead atoms. The van der Waals surface area contributed by atoms with Crippen molar-refractivity contribution in [1.82, 2.24) is 4.98 Å². The topological polar surface area (TPSA) is 45.5 Å². The van der Waals surface area contributed by atoms with Crippen LogP contribution in [0.15, 0.2) is 83.9 Å². The molecular weight excluding hydrogens is 452 g/mol. The molecule has 0 saturated carbocycles. The highest BCUT2D eigenvalue weighted by Gasteiger charge is 2.21. The van der Waals surface area contributed by atoms with Crippen LogP contribution >= 0.6 is 0 Å². The fraction of sp³-hybridized carbons (Fsp3) is 0.294. The Bertz CT molecular complexity index is 1380. The van der Waals surface area contributed by atoms with E-state index >= 15 is 0 Å². The number of rotatable bonds is 6. The lowest BCUT2D eigenvalue weighted by molar-refractivity contribution is 0.478. The van der Waals surface area contributed by atoms with Gasteiger partial charge in [0.25, 0.3) is 0 Å². The van der Waals surface area contributed by atoms with Gasteiger partial charge in [0.2, 0.25) is 0 Å².